The van der Waals surface area contributed by atoms with Crippen LogP contribution in [-0.4, -0.2) is 10.9 Å². The third-order valence-corrected chi connectivity index (χ3v) is 4.84. The van der Waals surface area contributed by atoms with Crippen LogP contribution in [0.5, 0.6) is 0 Å². The van der Waals surface area contributed by atoms with Gasteiger partial charge in [-0.3, -0.25) is 9.78 Å². The lowest BCUT2D eigenvalue weighted by atomic mass is 9.77. The van der Waals surface area contributed by atoms with E-state index in [1.165, 1.54) is 17.0 Å². The molecule has 1 amide bonds. The zero-order valence-corrected chi connectivity index (χ0v) is 15.4. The van der Waals surface area contributed by atoms with Crippen molar-refractivity contribution in [1.29, 1.82) is 0 Å². The molecule has 1 heterocycles. The van der Waals surface area contributed by atoms with Gasteiger partial charge < -0.3 is 5.73 Å². The maximum Gasteiger partial charge on any atom is 0.218 e. The molecule has 3 rings (SSSR count). The first-order valence-corrected chi connectivity index (χ1v) is 9.33. The molecule has 1 unspecified atom stereocenters. The van der Waals surface area contributed by atoms with Crippen LogP contribution in [0.2, 0.25) is 0 Å². The summed E-state index contributed by atoms with van der Waals surface area (Å²) >= 11 is 0. The van der Waals surface area contributed by atoms with Gasteiger partial charge in [-0.2, -0.15) is 0 Å². The van der Waals surface area contributed by atoms with Crippen LogP contribution >= 0.6 is 0 Å². The average molecular weight is 357 g/mol. The molecule has 27 heavy (non-hydrogen) atoms. The predicted molar refractivity (Wildman–Crippen MR) is 109 cm³/mol. The molecular formula is C24H25N2O. The molecule has 1 aromatic heterocycles. The highest BCUT2D eigenvalue weighted by Crippen LogP contribution is 2.35. The molecular weight excluding hydrogens is 332 g/mol. The number of pyridine rings is 1. The minimum atomic E-state index is -0.273. The Hall–Kier alpha value is -2.94. The zero-order valence-electron chi connectivity index (χ0n) is 15.4. The van der Waals surface area contributed by atoms with Crippen LogP contribution in [0.3, 0.4) is 0 Å². The minimum Gasteiger partial charge on any atom is -0.370 e. The molecule has 1 atom stereocenters. The van der Waals surface area contributed by atoms with Gasteiger partial charge in [-0.15, -0.1) is 0 Å². The fourth-order valence-electron chi connectivity index (χ4n) is 3.50. The van der Waals surface area contributed by atoms with Gasteiger partial charge in [0.25, 0.3) is 0 Å². The SMILES string of the molecule is NC(=O)C[C](CCc1ccccc1)C(Cc1cccnc1)c1ccccc1. The Bertz CT molecular complexity index is 819. The fraction of sp³-hybridized carbons (Fsp3) is 0.208. The minimum absolute atomic E-state index is 0.145. The van der Waals surface area contributed by atoms with Crippen LogP contribution < -0.4 is 5.73 Å². The van der Waals surface area contributed by atoms with Crippen molar-refractivity contribution in [3.05, 3.63) is 108 Å². The van der Waals surface area contributed by atoms with Gasteiger partial charge >= 0.3 is 0 Å². The second kappa shape index (κ2) is 9.67. The number of carbonyl (C=O) groups is 1. The quantitative estimate of drug-likeness (QED) is 0.613. The molecule has 0 aliphatic carbocycles. The molecule has 0 aliphatic heterocycles. The van der Waals surface area contributed by atoms with Gasteiger partial charge in [-0.05, 0) is 53.9 Å². The van der Waals surface area contributed by atoms with Gasteiger partial charge in [0.05, 0.1) is 0 Å². The monoisotopic (exact) mass is 357 g/mol. The number of primary amides is 1. The topological polar surface area (TPSA) is 56.0 Å². The lowest BCUT2D eigenvalue weighted by molar-refractivity contribution is -0.117. The fourth-order valence-corrected chi connectivity index (χ4v) is 3.50. The van der Waals surface area contributed by atoms with Crippen molar-refractivity contribution in [2.45, 2.75) is 31.6 Å². The summed E-state index contributed by atoms with van der Waals surface area (Å²) in [5.74, 6) is 1.05. The van der Waals surface area contributed by atoms with Gasteiger partial charge in [0, 0.05) is 18.8 Å². The Morgan fingerprint density at radius 1 is 0.889 bits per heavy atom. The summed E-state index contributed by atoms with van der Waals surface area (Å²) in [5.41, 5.74) is 9.24. The second-order valence-electron chi connectivity index (χ2n) is 6.82. The molecule has 0 aliphatic rings. The lowest BCUT2D eigenvalue weighted by Gasteiger charge is -2.27. The van der Waals surface area contributed by atoms with E-state index in [1.807, 2.05) is 48.7 Å². The first-order chi connectivity index (χ1) is 13.2. The first kappa shape index (κ1) is 18.8. The molecule has 3 aromatic rings. The number of benzene rings is 2. The van der Waals surface area contributed by atoms with Crippen molar-refractivity contribution in [2.24, 2.45) is 5.73 Å². The average Bonchev–Trinajstić information content (AvgIpc) is 2.71. The molecule has 3 heteroatoms. The van der Waals surface area contributed by atoms with Crippen molar-refractivity contribution in [2.75, 3.05) is 0 Å². The Morgan fingerprint density at radius 3 is 2.19 bits per heavy atom. The van der Waals surface area contributed by atoms with E-state index in [4.69, 9.17) is 5.73 Å². The van der Waals surface area contributed by atoms with Gasteiger partial charge in [-0.1, -0.05) is 66.7 Å². The van der Waals surface area contributed by atoms with Crippen LogP contribution in [0.1, 0.15) is 35.4 Å². The maximum absolute atomic E-state index is 11.8. The zero-order chi connectivity index (χ0) is 18.9. The Balaban J connectivity index is 1.85. The van der Waals surface area contributed by atoms with Crippen LogP contribution in [-0.2, 0) is 17.6 Å². The van der Waals surface area contributed by atoms with E-state index >= 15 is 0 Å². The molecule has 2 N–H and O–H groups in total. The highest BCUT2D eigenvalue weighted by atomic mass is 16.1. The number of hydrogen-bond acceptors (Lipinski definition) is 2. The number of aromatic nitrogens is 1. The molecule has 3 nitrogen and oxygen atoms in total. The summed E-state index contributed by atoms with van der Waals surface area (Å²) in [6.45, 7) is 0. The molecule has 0 saturated heterocycles. The van der Waals surface area contributed by atoms with Crippen molar-refractivity contribution >= 4 is 5.91 Å². The summed E-state index contributed by atoms with van der Waals surface area (Å²) < 4.78 is 0. The summed E-state index contributed by atoms with van der Waals surface area (Å²) in [5, 5.41) is 0. The molecule has 2 aromatic carbocycles. The molecule has 0 saturated carbocycles. The molecule has 1 radical (unpaired) electrons. The number of hydrogen-bond donors (Lipinski definition) is 1. The molecule has 0 spiro atoms. The second-order valence-corrected chi connectivity index (χ2v) is 6.82. The lowest BCUT2D eigenvalue weighted by Crippen LogP contribution is -2.22. The third-order valence-electron chi connectivity index (χ3n) is 4.84. The van der Waals surface area contributed by atoms with Crippen molar-refractivity contribution in [3.63, 3.8) is 0 Å². The van der Waals surface area contributed by atoms with Crippen molar-refractivity contribution in [1.82, 2.24) is 4.98 Å². The smallest absolute Gasteiger partial charge is 0.218 e. The van der Waals surface area contributed by atoms with Crippen LogP contribution in [0.25, 0.3) is 0 Å². The van der Waals surface area contributed by atoms with Crippen LogP contribution in [0.4, 0.5) is 0 Å². The Morgan fingerprint density at radius 2 is 1.56 bits per heavy atom. The van der Waals surface area contributed by atoms with Gasteiger partial charge in [0.2, 0.25) is 5.91 Å². The van der Waals surface area contributed by atoms with E-state index in [0.717, 1.165) is 24.8 Å². The largest absolute Gasteiger partial charge is 0.370 e. The Labute approximate surface area is 161 Å². The summed E-state index contributed by atoms with van der Waals surface area (Å²) in [6.07, 6.45) is 6.55. The number of aryl methyl sites for hydroxylation is 1. The number of nitrogens with zero attached hydrogens (tertiary/aromatic N) is 1. The van der Waals surface area contributed by atoms with E-state index in [2.05, 4.69) is 35.3 Å². The normalized spacial score (nSPS) is 12.0. The number of amides is 1. The van der Waals surface area contributed by atoms with Gasteiger partial charge in [0.15, 0.2) is 0 Å². The first-order valence-electron chi connectivity index (χ1n) is 9.33. The number of rotatable bonds is 9. The van der Waals surface area contributed by atoms with Crippen molar-refractivity contribution < 1.29 is 4.79 Å². The highest BCUT2D eigenvalue weighted by Gasteiger charge is 2.25. The third kappa shape index (κ3) is 5.78. The number of nitrogens with two attached hydrogens (primary N) is 1. The van der Waals surface area contributed by atoms with E-state index in [0.29, 0.717) is 6.42 Å². The summed E-state index contributed by atoms with van der Waals surface area (Å²) in [6, 6.07) is 24.8. The highest BCUT2D eigenvalue weighted by molar-refractivity contribution is 5.76. The molecule has 0 bridgehead atoms. The predicted octanol–water partition coefficient (Wildman–Crippen LogP) is 4.49. The standard InChI is InChI=1S/C24H25N2O/c25-24(27)17-22(14-13-19-8-3-1-4-9-19)23(21-11-5-2-6-12-21)16-20-10-7-15-26-18-20/h1-12,15,18,23H,13-14,16-17H2,(H2,25,27). The van der Waals surface area contributed by atoms with E-state index < -0.39 is 0 Å². The van der Waals surface area contributed by atoms with E-state index in [1.54, 1.807) is 6.20 Å². The number of carbonyl (C=O) groups excluding carboxylic acids is 1. The van der Waals surface area contributed by atoms with Gasteiger partial charge in [0.1, 0.15) is 0 Å². The van der Waals surface area contributed by atoms with Crippen LogP contribution in [0, 0.1) is 5.92 Å². The Kier molecular flexibility index (Phi) is 6.75. The van der Waals surface area contributed by atoms with Crippen LogP contribution in [0.15, 0.2) is 85.2 Å². The molecule has 0 fully saturated rings. The summed E-state index contributed by atoms with van der Waals surface area (Å²) in [7, 11) is 0. The van der Waals surface area contributed by atoms with Crippen molar-refractivity contribution in [3.8, 4) is 0 Å². The summed E-state index contributed by atoms with van der Waals surface area (Å²) in [4.78, 5) is 16.0. The molecule has 137 valence electrons. The maximum atomic E-state index is 11.8. The van der Waals surface area contributed by atoms with Gasteiger partial charge in [-0.25, -0.2) is 0 Å². The van der Waals surface area contributed by atoms with E-state index in [-0.39, 0.29) is 11.8 Å². The van der Waals surface area contributed by atoms with E-state index in [9.17, 15) is 4.79 Å².